The highest BCUT2D eigenvalue weighted by molar-refractivity contribution is 7.17. The fourth-order valence-corrected chi connectivity index (χ4v) is 2.52. The van der Waals surface area contributed by atoms with E-state index in [1.165, 1.54) is 17.4 Å². The van der Waals surface area contributed by atoms with Crippen LogP contribution < -0.4 is 0 Å². The molecule has 0 radical (unpaired) electrons. The van der Waals surface area contributed by atoms with E-state index in [9.17, 15) is 18.0 Å². The van der Waals surface area contributed by atoms with Crippen molar-refractivity contribution >= 4 is 27.7 Å². The number of rotatable bonds is 2. The molecule has 16 heavy (non-hydrogen) atoms. The predicted octanol–water partition coefficient (Wildman–Crippen LogP) is 3.66. The Balaban J connectivity index is 2.53. The summed E-state index contributed by atoms with van der Waals surface area (Å²) in [7, 11) is 0. The van der Waals surface area contributed by atoms with Gasteiger partial charge in [-0.1, -0.05) is 6.07 Å². The SMILES string of the molecule is O=CCc1csc2cc(C(F)(F)F)ccc12. The highest BCUT2D eigenvalue weighted by Crippen LogP contribution is 2.34. The standard InChI is InChI=1S/C11H7F3OS/c12-11(13,14)8-1-2-9-7(3-4-15)6-16-10(9)5-8/h1-2,4-6H,3H2. The lowest BCUT2D eigenvalue weighted by molar-refractivity contribution is -0.137. The Morgan fingerprint density at radius 1 is 1.31 bits per heavy atom. The maximum Gasteiger partial charge on any atom is 0.416 e. The van der Waals surface area contributed by atoms with Gasteiger partial charge in [-0.15, -0.1) is 11.3 Å². The van der Waals surface area contributed by atoms with Crippen LogP contribution in [0.15, 0.2) is 23.6 Å². The van der Waals surface area contributed by atoms with Gasteiger partial charge in [0.2, 0.25) is 0 Å². The van der Waals surface area contributed by atoms with E-state index in [4.69, 9.17) is 0 Å². The second kappa shape index (κ2) is 3.90. The van der Waals surface area contributed by atoms with E-state index in [0.717, 1.165) is 29.4 Å². The number of alkyl halides is 3. The number of halogens is 3. The topological polar surface area (TPSA) is 17.1 Å². The summed E-state index contributed by atoms with van der Waals surface area (Å²) in [6.07, 6.45) is -3.33. The van der Waals surface area contributed by atoms with Crippen molar-refractivity contribution in [1.29, 1.82) is 0 Å². The van der Waals surface area contributed by atoms with Gasteiger partial charge < -0.3 is 4.79 Å². The summed E-state index contributed by atoms with van der Waals surface area (Å²) in [5, 5.41) is 2.45. The van der Waals surface area contributed by atoms with Crippen LogP contribution in [-0.2, 0) is 17.4 Å². The molecule has 1 aromatic carbocycles. The molecule has 2 rings (SSSR count). The number of fused-ring (bicyclic) bond motifs is 1. The molecule has 1 aromatic heterocycles. The van der Waals surface area contributed by atoms with Gasteiger partial charge >= 0.3 is 6.18 Å². The van der Waals surface area contributed by atoms with Crippen molar-refractivity contribution < 1.29 is 18.0 Å². The zero-order chi connectivity index (χ0) is 11.8. The molecule has 0 bridgehead atoms. The minimum absolute atomic E-state index is 0.241. The van der Waals surface area contributed by atoms with Gasteiger partial charge in [-0.2, -0.15) is 13.2 Å². The Morgan fingerprint density at radius 2 is 2.06 bits per heavy atom. The highest BCUT2D eigenvalue weighted by Gasteiger charge is 2.30. The van der Waals surface area contributed by atoms with Gasteiger partial charge in [-0.3, -0.25) is 0 Å². The van der Waals surface area contributed by atoms with E-state index < -0.39 is 11.7 Å². The Bertz CT molecular complexity index is 527. The molecule has 2 aromatic rings. The van der Waals surface area contributed by atoms with Gasteiger partial charge in [0.1, 0.15) is 6.29 Å². The van der Waals surface area contributed by atoms with E-state index in [-0.39, 0.29) is 6.42 Å². The zero-order valence-corrected chi connectivity index (χ0v) is 8.86. The molecular formula is C11H7F3OS. The third-order valence-corrected chi connectivity index (χ3v) is 3.28. The van der Waals surface area contributed by atoms with Crippen LogP contribution in [0.4, 0.5) is 13.2 Å². The second-order valence-electron chi connectivity index (χ2n) is 3.34. The quantitative estimate of drug-likeness (QED) is 0.737. The van der Waals surface area contributed by atoms with Crippen LogP contribution in [0, 0.1) is 0 Å². The lowest BCUT2D eigenvalue weighted by atomic mass is 10.1. The Hall–Kier alpha value is -1.36. The van der Waals surface area contributed by atoms with Crippen LogP contribution in [0.2, 0.25) is 0 Å². The number of hydrogen-bond donors (Lipinski definition) is 0. The van der Waals surface area contributed by atoms with Crippen molar-refractivity contribution in [3.63, 3.8) is 0 Å². The van der Waals surface area contributed by atoms with Crippen LogP contribution in [0.5, 0.6) is 0 Å². The predicted molar refractivity (Wildman–Crippen MR) is 56.6 cm³/mol. The molecule has 0 saturated heterocycles. The monoisotopic (exact) mass is 244 g/mol. The molecule has 5 heteroatoms. The fraction of sp³-hybridized carbons (Fsp3) is 0.182. The first-order chi connectivity index (χ1) is 7.52. The van der Waals surface area contributed by atoms with Crippen molar-refractivity contribution in [3.8, 4) is 0 Å². The summed E-state index contributed by atoms with van der Waals surface area (Å²) in [4.78, 5) is 10.4. The average Bonchev–Trinajstić information content (AvgIpc) is 2.60. The first kappa shape index (κ1) is 11.1. The van der Waals surface area contributed by atoms with Crippen molar-refractivity contribution in [1.82, 2.24) is 0 Å². The molecule has 1 heterocycles. The van der Waals surface area contributed by atoms with Crippen molar-refractivity contribution in [2.75, 3.05) is 0 Å². The van der Waals surface area contributed by atoms with Crippen LogP contribution >= 0.6 is 11.3 Å². The molecular weight excluding hydrogens is 237 g/mol. The molecule has 0 unspecified atom stereocenters. The highest BCUT2D eigenvalue weighted by atomic mass is 32.1. The first-order valence-electron chi connectivity index (χ1n) is 4.53. The van der Waals surface area contributed by atoms with Gasteiger partial charge in [0, 0.05) is 11.1 Å². The normalized spacial score (nSPS) is 11.9. The largest absolute Gasteiger partial charge is 0.416 e. The van der Waals surface area contributed by atoms with Crippen LogP contribution in [-0.4, -0.2) is 6.29 Å². The van der Waals surface area contributed by atoms with Crippen molar-refractivity contribution in [2.24, 2.45) is 0 Å². The van der Waals surface area contributed by atoms with Crippen LogP contribution in [0.1, 0.15) is 11.1 Å². The minimum Gasteiger partial charge on any atom is -0.303 e. The molecule has 0 aliphatic rings. The first-order valence-corrected chi connectivity index (χ1v) is 5.41. The smallest absolute Gasteiger partial charge is 0.303 e. The van der Waals surface area contributed by atoms with Crippen molar-refractivity contribution in [3.05, 3.63) is 34.7 Å². The number of carbonyl (C=O) groups excluding carboxylic acids is 1. The van der Waals surface area contributed by atoms with Gasteiger partial charge in [-0.05, 0) is 28.5 Å². The van der Waals surface area contributed by atoms with Gasteiger partial charge in [0.25, 0.3) is 0 Å². The lowest BCUT2D eigenvalue weighted by Gasteiger charge is -2.06. The molecule has 0 saturated carbocycles. The molecule has 84 valence electrons. The third kappa shape index (κ3) is 1.95. The molecule has 0 aliphatic heterocycles. The molecule has 0 fully saturated rings. The number of aldehydes is 1. The molecule has 0 aliphatic carbocycles. The number of carbonyl (C=O) groups is 1. The molecule has 1 nitrogen and oxygen atoms in total. The molecule has 0 spiro atoms. The Kier molecular flexibility index (Phi) is 2.71. The summed E-state index contributed by atoms with van der Waals surface area (Å²) < 4.78 is 37.8. The second-order valence-corrected chi connectivity index (χ2v) is 4.25. The molecule has 0 amide bonds. The van der Waals surface area contributed by atoms with Gasteiger partial charge in [0.15, 0.2) is 0 Å². The lowest BCUT2D eigenvalue weighted by Crippen LogP contribution is -2.03. The number of benzene rings is 1. The van der Waals surface area contributed by atoms with Crippen molar-refractivity contribution in [2.45, 2.75) is 12.6 Å². The van der Waals surface area contributed by atoms with E-state index in [2.05, 4.69) is 0 Å². The third-order valence-electron chi connectivity index (χ3n) is 2.29. The Morgan fingerprint density at radius 3 is 2.69 bits per heavy atom. The maximum atomic E-state index is 12.4. The van der Waals surface area contributed by atoms with Gasteiger partial charge in [0.05, 0.1) is 5.56 Å². The molecule has 0 atom stereocenters. The number of hydrogen-bond acceptors (Lipinski definition) is 2. The number of thiophene rings is 1. The maximum absolute atomic E-state index is 12.4. The van der Waals surface area contributed by atoms with E-state index >= 15 is 0 Å². The van der Waals surface area contributed by atoms with Gasteiger partial charge in [-0.25, -0.2) is 0 Å². The van der Waals surface area contributed by atoms with Crippen LogP contribution in [0.25, 0.3) is 10.1 Å². The van der Waals surface area contributed by atoms with Crippen LogP contribution in [0.3, 0.4) is 0 Å². The minimum atomic E-state index is -4.32. The summed E-state index contributed by atoms with van der Waals surface area (Å²) in [5.74, 6) is 0. The zero-order valence-electron chi connectivity index (χ0n) is 8.04. The fourth-order valence-electron chi connectivity index (χ4n) is 1.51. The van der Waals surface area contributed by atoms with E-state index in [1.54, 1.807) is 5.38 Å². The Labute approximate surface area is 93.5 Å². The summed E-state index contributed by atoms with van der Waals surface area (Å²) in [6.45, 7) is 0. The summed E-state index contributed by atoms with van der Waals surface area (Å²) >= 11 is 1.23. The van der Waals surface area contributed by atoms with E-state index in [1.807, 2.05) is 0 Å². The average molecular weight is 244 g/mol. The van der Waals surface area contributed by atoms with E-state index in [0.29, 0.717) is 4.70 Å². The summed E-state index contributed by atoms with van der Waals surface area (Å²) in [6, 6.07) is 3.59. The molecule has 0 N–H and O–H groups in total. The summed E-state index contributed by atoms with van der Waals surface area (Å²) in [5.41, 5.74) is 0.128.